The van der Waals surface area contributed by atoms with E-state index < -0.39 is 6.16 Å². The summed E-state index contributed by atoms with van der Waals surface area (Å²) in [6.45, 7) is 0.382. The minimum atomic E-state index is -2.33. The first-order chi connectivity index (χ1) is 7.99. The molecule has 0 unspecified atom stereocenters. The van der Waals surface area contributed by atoms with Gasteiger partial charge in [0.15, 0.2) is 0 Å². The molecule has 0 spiro atoms. The van der Waals surface area contributed by atoms with E-state index in [1.165, 1.54) is 0 Å². The van der Waals surface area contributed by atoms with Crippen molar-refractivity contribution in [1.82, 2.24) is 4.98 Å². The minimum absolute atomic E-state index is 0. The number of nitrogens with zero attached hydrogens (tertiary/aromatic N) is 1. The van der Waals surface area contributed by atoms with Gasteiger partial charge in [-0.1, -0.05) is 0 Å². The average Bonchev–Trinajstić information content (AvgIpc) is 2.37. The summed E-state index contributed by atoms with van der Waals surface area (Å²) >= 11 is 3.27. The van der Waals surface area contributed by atoms with Crippen LogP contribution in [0.3, 0.4) is 0 Å². The van der Waals surface area contributed by atoms with E-state index in [9.17, 15) is 4.79 Å². The number of carbonyl (C=O) groups excluding carboxylic acids is 2. The van der Waals surface area contributed by atoms with Crippen LogP contribution in [0.25, 0.3) is 0 Å². The number of carboxylic acid groups (broad SMARTS) is 2. The van der Waals surface area contributed by atoms with Gasteiger partial charge in [-0.05, 0) is 28.2 Å². The standard InChI is InChI=1S/C8H7BrN2O2.CH2O3.2K/c9-5-3-6-8(10-4-5)13-2-1-7(12)11-6;2-1(3)4;;/h3-4H,1-2H2,(H,11,12);(H2,2,3,4);;/q;;2*+1/p-2. The van der Waals surface area contributed by atoms with Gasteiger partial charge >= 0.3 is 103 Å². The largest absolute Gasteiger partial charge is 1.00 e. The van der Waals surface area contributed by atoms with E-state index in [0.717, 1.165) is 4.47 Å². The van der Waals surface area contributed by atoms with E-state index in [0.29, 0.717) is 24.6 Å². The molecule has 0 saturated carbocycles. The number of rotatable bonds is 0. The Morgan fingerprint density at radius 2 is 2.00 bits per heavy atom. The molecule has 1 aromatic rings. The van der Waals surface area contributed by atoms with Crippen LogP contribution in [0.15, 0.2) is 16.7 Å². The Morgan fingerprint density at radius 3 is 2.58 bits per heavy atom. The molecule has 0 saturated heterocycles. The molecule has 0 aliphatic carbocycles. The van der Waals surface area contributed by atoms with Crippen LogP contribution in [-0.2, 0) is 4.79 Å². The van der Waals surface area contributed by atoms with Crippen molar-refractivity contribution in [3.05, 3.63) is 16.7 Å². The van der Waals surface area contributed by atoms with Crippen molar-refractivity contribution in [3.8, 4) is 5.88 Å². The Morgan fingerprint density at radius 1 is 1.42 bits per heavy atom. The van der Waals surface area contributed by atoms with Crippen LogP contribution in [0.2, 0.25) is 0 Å². The zero-order chi connectivity index (χ0) is 12.8. The smallest absolute Gasteiger partial charge is 0.652 e. The van der Waals surface area contributed by atoms with Gasteiger partial charge in [0.1, 0.15) is 5.69 Å². The molecule has 7 nitrogen and oxygen atoms in total. The normalized spacial score (nSPS) is 11.7. The number of pyridine rings is 1. The van der Waals surface area contributed by atoms with Gasteiger partial charge in [-0.15, -0.1) is 0 Å². The second kappa shape index (κ2) is 12.0. The van der Waals surface area contributed by atoms with Crippen LogP contribution >= 0.6 is 15.9 Å². The average molecular weight is 381 g/mol. The second-order valence-electron chi connectivity index (χ2n) is 2.90. The number of anilines is 1. The van der Waals surface area contributed by atoms with Crippen LogP contribution in [0.4, 0.5) is 10.5 Å². The number of amides is 1. The molecular formula is C9H7BrK2N2O5. The maximum atomic E-state index is 11.1. The topological polar surface area (TPSA) is 114 Å². The van der Waals surface area contributed by atoms with E-state index in [4.69, 9.17) is 19.7 Å². The molecule has 0 atom stereocenters. The van der Waals surface area contributed by atoms with Gasteiger partial charge in [-0.3, -0.25) is 4.79 Å². The Labute approximate surface area is 202 Å². The van der Waals surface area contributed by atoms with Crippen LogP contribution in [-0.4, -0.2) is 23.7 Å². The first kappa shape index (κ1) is 22.7. The molecule has 1 aliphatic rings. The molecule has 1 amide bonds. The van der Waals surface area contributed by atoms with Crippen molar-refractivity contribution in [1.29, 1.82) is 0 Å². The predicted molar refractivity (Wildman–Crippen MR) is 56.1 cm³/mol. The van der Waals surface area contributed by atoms with Gasteiger partial charge in [0.25, 0.3) is 0 Å². The Bertz CT molecular complexity index is 443. The summed E-state index contributed by atoms with van der Waals surface area (Å²) in [4.78, 5) is 23.5. The molecule has 0 radical (unpaired) electrons. The van der Waals surface area contributed by atoms with E-state index >= 15 is 0 Å². The van der Waals surface area contributed by atoms with Crippen molar-refractivity contribution < 1.29 is 127 Å². The number of nitrogens with one attached hydrogen (secondary N) is 1. The minimum Gasteiger partial charge on any atom is -0.652 e. The summed E-state index contributed by atoms with van der Waals surface area (Å²) in [5.74, 6) is 0.438. The summed E-state index contributed by atoms with van der Waals surface area (Å²) in [5, 5.41) is 19.4. The number of ether oxygens (including phenoxy) is 1. The van der Waals surface area contributed by atoms with Crippen molar-refractivity contribution in [2.45, 2.75) is 6.42 Å². The van der Waals surface area contributed by atoms with E-state index in [1.54, 1.807) is 12.3 Å². The number of hydrogen-bond acceptors (Lipinski definition) is 6. The summed E-state index contributed by atoms with van der Waals surface area (Å²) in [6, 6.07) is 1.77. The molecule has 2 rings (SSSR count). The Hall–Kier alpha value is 1.44. The van der Waals surface area contributed by atoms with Gasteiger partial charge < -0.3 is 25.1 Å². The maximum Gasteiger partial charge on any atom is 1.00 e. The van der Waals surface area contributed by atoms with Gasteiger partial charge in [0, 0.05) is 10.7 Å². The summed E-state index contributed by atoms with van der Waals surface area (Å²) < 4.78 is 6.08. The molecule has 0 bridgehead atoms. The molecule has 92 valence electrons. The van der Waals surface area contributed by atoms with Crippen molar-refractivity contribution in [2.75, 3.05) is 11.9 Å². The summed E-state index contributed by atoms with van der Waals surface area (Å²) in [5.41, 5.74) is 0.622. The zero-order valence-electron chi connectivity index (χ0n) is 10.4. The third kappa shape index (κ3) is 9.90. The maximum absolute atomic E-state index is 11.1. The van der Waals surface area contributed by atoms with Crippen LogP contribution in [0.5, 0.6) is 5.88 Å². The van der Waals surface area contributed by atoms with Gasteiger partial charge in [0.05, 0.1) is 13.0 Å². The fraction of sp³-hybridized carbons (Fsp3) is 0.222. The van der Waals surface area contributed by atoms with Crippen LogP contribution in [0, 0.1) is 0 Å². The Balaban J connectivity index is 0. The quantitative estimate of drug-likeness (QED) is 0.447. The van der Waals surface area contributed by atoms with Crippen molar-refractivity contribution >= 4 is 33.7 Å². The zero-order valence-corrected chi connectivity index (χ0v) is 18.3. The first-order valence-electron chi connectivity index (χ1n) is 4.45. The van der Waals surface area contributed by atoms with Gasteiger partial charge in [-0.25, -0.2) is 4.98 Å². The number of fused-ring (bicyclic) bond motifs is 1. The van der Waals surface area contributed by atoms with Crippen LogP contribution < -0.4 is 123 Å². The third-order valence-electron chi connectivity index (χ3n) is 1.66. The molecule has 1 N–H and O–H groups in total. The molecule has 19 heavy (non-hydrogen) atoms. The molecule has 10 heteroatoms. The number of aromatic nitrogens is 1. The monoisotopic (exact) mass is 380 g/mol. The number of hydrogen-bond donors (Lipinski definition) is 1. The number of halogens is 1. The predicted octanol–water partition coefficient (Wildman–Crippen LogP) is -6.87. The first-order valence-corrected chi connectivity index (χ1v) is 5.24. The number of carbonyl (C=O) groups is 2. The summed E-state index contributed by atoms with van der Waals surface area (Å²) in [7, 11) is 0. The molecular weight excluding hydrogens is 374 g/mol. The molecule has 1 aliphatic heterocycles. The Kier molecular flexibility index (Phi) is 14.4. The fourth-order valence-electron chi connectivity index (χ4n) is 1.08. The SMILES string of the molecule is O=C([O-])[O-].O=C1CCOc2ncc(Br)cc2N1.[K+].[K+]. The molecule has 0 fully saturated rings. The van der Waals surface area contributed by atoms with E-state index in [1.807, 2.05) is 0 Å². The summed E-state index contributed by atoms with van der Waals surface area (Å²) in [6.07, 6.45) is -0.329. The second-order valence-corrected chi connectivity index (χ2v) is 3.82. The van der Waals surface area contributed by atoms with Crippen molar-refractivity contribution in [3.63, 3.8) is 0 Å². The van der Waals surface area contributed by atoms with Gasteiger partial charge in [-0.2, -0.15) is 0 Å². The molecule has 2 heterocycles. The van der Waals surface area contributed by atoms with Gasteiger partial charge in [0.2, 0.25) is 11.8 Å². The van der Waals surface area contributed by atoms with E-state index in [-0.39, 0.29) is 109 Å². The molecule has 1 aromatic heterocycles. The molecule has 0 aromatic carbocycles. The van der Waals surface area contributed by atoms with E-state index in [2.05, 4.69) is 26.2 Å². The van der Waals surface area contributed by atoms with Crippen molar-refractivity contribution in [2.24, 2.45) is 0 Å². The fourth-order valence-corrected chi connectivity index (χ4v) is 1.42. The van der Waals surface area contributed by atoms with Crippen LogP contribution in [0.1, 0.15) is 6.42 Å². The third-order valence-corrected chi connectivity index (χ3v) is 2.09.